The van der Waals surface area contributed by atoms with Gasteiger partial charge in [0.2, 0.25) is 0 Å². The van der Waals surface area contributed by atoms with Crippen LogP contribution in [-0.2, 0) is 0 Å². The second-order valence-electron chi connectivity index (χ2n) is 7.37. The Morgan fingerprint density at radius 2 is 2.03 bits per heavy atom. The van der Waals surface area contributed by atoms with E-state index < -0.39 is 10.8 Å². The molecule has 1 N–H and O–H groups in total. The molecule has 30 heavy (non-hydrogen) atoms. The highest BCUT2D eigenvalue weighted by molar-refractivity contribution is 6.34. The predicted octanol–water partition coefficient (Wildman–Crippen LogP) is 4.28. The van der Waals surface area contributed by atoms with E-state index in [1.807, 2.05) is 4.90 Å². The molecule has 2 aliphatic rings. The van der Waals surface area contributed by atoms with Gasteiger partial charge in [-0.1, -0.05) is 11.6 Å². The number of nitro benzene ring substituents is 1. The third-order valence-corrected chi connectivity index (χ3v) is 5.79. The number of fused-ring (bicyclic) bond motifs is 2. The Bertz CT molecular complexity index is 1030. The summed E-state index contributed by atoms with van der Waals surface area (Å²) >= 11 is 6.04. The van der Waals surface area contributed by atoms with Crippen molar-refractivity contribution in [2.24, 2.45) is 0 Å². The summed E-state index contributed by atoms with van der Waals surface area (Å²) in [5, 5.41) is 13.5. The van der Waals surface area contributed by atoms with E-state index in [1.165, 1.54) is 12.1 Å². The van der Waals surface area contributed by atoms with Gasteiger partial charge in [-0.15, -0.1) is 0 Å². The Labute approximate surface area is 177 Å². The second kappa shape index (κ2) is 8.31. The Morgan fingerprint density at radius 3 is 2.80 bits per heavy atom. The number of anilines is 1. The number of halogens is 1. The Morgan fingerprint density at radius 1 is 1.20 bits per heavy atom. The first kappa shape index (κ1) is 20.2. The molecule has 2 amide bonds. The van der Waals surface area contributed by atoms with Crippen LogP contribution in [-0.4, -0.2) is 40.8 Å². The summed E-state index contributed by atoms with van der Waals surface area (Å²) in [6.45, 7) is 1.25. The first-order chi connectivity index (χ1) is 14.4. The molecule has 1 fully saturated rings. The van der Waals surface area contributed by atoms with Gasteiger partial charge in [0.05, 0.1) is 27.7 Å². The van der Waals surface area contributed by atoms with E-state index >= 15 is 0 Å². The van der Waals surface area contributed by atoms with E-state index in [0.29, 0.717) is 23.6 Å². The Hall–Kier alpha value is -3.13. The summed E-state index contributed by atoms with van der Waals surface area (Å²) in [5.41, 5.74) is 0.734. The maximum Gasteiger partial charge on any atom is 0.270 e. The average Bonchev–Trinajstić information content (AvgIpc) is 2.73. The molecule has 0 aliphatic carbocycles. The molecule has 1 atom stereocenters. The lowest BCUT2D eigenvalue weighted by atomic mass is 9.97. The minimum absolute atomic E-state index is 0.0245. The highest BCUT2D eigenvalue weighted by Crippen LogP contribution is 2.31. The molecule has 0 bridgehead atoms. The van der Waals surface area contributed by atoms with Gasteiger partial charge in [-0.25, -0.2) is 0 Å². The van der Waals surface area contributed by atoms with Gasteiger partial charge in [-0.2, -0.15) is 0 Å². The van der Waals surface area contributed by atoms with Gasteiger partial charge in [0.1, 0.15) is 5.75 Å². The zero-order valence-electron chi connectivity index (χ0n) is 16.1. The molecular weight excluding hydrogens is 410 g/mol. The van der Waals surface area contributed by atoms with Crippen LogP contribution in [0.5, 0.6) is 5.75 Å². The monoisotopic (exact) mass is 429 g/mol. The van der Waals surface area contributed by atoms with E-state index in [9.17, 15) is 19.7 Å². The van der Waals surface area contributed by atoms with Crippen molar-refractivity contribution in [2.45, 2.75) is 31.7 Å². The largest absolute Gasteiger partial charge is 0.493 e. The number of nitrogens with one attached hydrogen (secondary N) is 1. The van der Waals surface area contributed by atoms with Gasteiger partial charge in [-0.05, 0) is 43.5 Å². The van der Waals surface area contributed by atoms with Crippen molar-refractivity contribution in [1.29, 1.82) is 0 Å². The van der Waals surface area contributed by atoms with Crippen LogP contribution in [0.25, 0.3) is 0 Å². The van der Waals surface area contributed by atoms with Crippen molar-refractivity contribution in [3.63, 3.8) is 0 Å². The molecule has 0 spiro atoms. The third kappa shape index (κ3) is 3.95. The fourth-order valence-corrected chi connectivity index (χ4v) is 4.19. The van der Waals surface area contributed by atoms with E-state index in [-0.39, 0.29) is 28.2 Å². The minimum Gasteiger partial charge on any atom is -0.493 e. The van der Waals surface area contributed by atoms with Gasteiger partial charge in [0.15, 0.2) is 0 Å². The van der Waals surface area contributed by atoms with Crippen LogP contribution in [0.4, 0.5) is 11.4 Å². The van der Waals surface area contributed by atoms with E-state index in [0.717, 1.165) is 38.3 Å². The van der Waals surface area contributed by atoms with E-state index in [4.69, 9.17) is 16.3 Å². The number of nitrogens with zero attached hydrogens (tertiary/aromatic N) is 2. The fourth-order valence-electron chi connectivity index (χ4n) is 3.93. The van der Waals surface area contributed by atoms with Crippen LogP contribution < -0.4 is 10.1 Å². The van der Waals surface area contributed by atoms with Crippen molar-refractivity contribution in [1.82, 2.24) is 4.90 Å². The molecule has 2 aromatic carbocycles. The highest BCUT2D eigenvalue weighted by atomic mass is 35.5. The van der Waals surface area contributed by atoms with Crippen LogP contribution in [0, 0.1) is 10.1 Å². The summed E-state index contributed by atoms with van der Waals surface area (Å²) < 4.78 is 5.80. The molecule has 9 heteroatoms. The van der Waals surface area contributed by atoms with Gasteiger partial charge in [0, 0.05) is 36.8 Å². The molecule has 2 aliphatic heterocycles. The minimum atomic E-state index is -0.581. The number of hydrogen-bond acceptors (Lipinski definition) is 5. The van der Waals surface area contributed by atoms with Crippen LogP contribution >= 0.6 is 11.6 Å². The number of amides is 2. The molecule has 0 aromatic heterocycles. The molecule has 156 valence electrons. The second-order valence-corrected chi connectivity index (χ2v) is 7.78. The van der Waals surface area contributed by atoms with Crippen molar-refractivity contribution in [2.75, 3.05) is 18.5 Å². The number of ether oxygens (including phenoxy) is 1. The zero-order valence-corrected chi connectivity index (χ0v) is 16.9. The molecule has 1 saturated heterocycles. The number of carbonyl (C=O) groups is 2. The van der Waals surface area contributed by atoms with Crippen molar-refractivity contribution in [3.8, 4) is 5.75 Å². The normalized spacial score (nSPS) is 18.4. The smallest absolute Gasteiger partial charge is 0.270 e. The summed E-state index contributed by atoms with van der Waals surface area (Å²) in [7, 11) is 0. The number of benzene rings is 2. The van der Waals surface area contributed by atoms with Crippen molar-refractivity contribution < 1.29 is 19.2 Å². The van der Waals surface area contributed by atoms with Crippen molar-refractivity contribution in [3.05, 3.63) is 62.7 Å². The Kier molecular flexibility index (Phi) is 5.59. The molecule has 8 nitrogen and oxygen atoms in total. The molecule has 1 unspecified atom stereocenters. The lowest BCUT2D eigenvalue weighted by Crippen LogP contribution is -2.45. The average molecular weight is 430 g/mol. The van der Waals surface area contributed by atoms with Crippen LogP contribution in [0.3, 0.4) is 0 Å². The number of nitro groups is 1. The number of hydrogen-bond donors (Lipinski definition) is 1. The first-order valence-corrected chi connectivity index (χ1v) is 10.1. The third-order valence-electron chi connectivity index (χ3n) is 5.47. The van der Waals surface area contributed by atoms with Gasteiger partial charge >= 0.3 is 0 Å². The van der Waals surface area contributed by atoms with Gasteiger partial charge < -0.3 is 15.0 Å². The number of non-ortho nitro benzene ring substituents is 1. The molecule has 4 rings (SSSR count). The quantitative estimate of drug-likeness (QED) is 0.579. The maximum absolute atomic E-state index is 13.1. The maximum atomic E-state index is 13.1. The first-order valence-electron chi connectivity index (χ1n) is 9.77. The van der Waals surface area contributed by atoms with Crippen LogP contribution in [0.15, 0.2) is 36.4 Å². The standard InChI is InChI=1S/C21H20ClN3O5/c22-18-12-15(25(28)29)5-6-16(18)20(26)23-13-4-7-19-17(11-13)21(27)24-9-2-1-3-14(24)8-10-30-19/h4-7,11-12,14H,1-3,8-10H2,(H,23,26). The summed E-state index contributed by atoms with van der Waals surface area (Å²) in [6, 6.07) is 8.75. The lowest BCUT2D eigenvalue weighted by Gasteiger charge is -2.37. The number of carbonyl (C=O) groups excluding carboxylic acids is 2. The molecular formula is C21H20ClN3O5. The molecule has 2 heterocycles. The topological polar surface area (TPSA) is 102 Å². The van der Waals surface area contributed by atoms with Crippen LogP contribution in [0.1, 0.15) is 46.4 Å². The fraction of sp³-hybridized carbons (Fsp3) is 0.333. The van der Waals surface area contributed by atoms with Gasteiger partial charge in [-0.3, -0.25) is 19.7 Å². The summed E-state index contributed by atoms with van der Waals surface area (Å²) in [6.07, 6.45) is 3.86. The number of rotatable bonds is 3. The summed E-state index contributed by atoms with van der Waals surface area (Å²) in [4.78, 5) is 37.9. The van der Waals surface area contributed by atoms with E-state index in [1.54, 1.807) is 18.2 Å². The van der Waals surface area contributed by atoms with Crippen molar-refractivity contribution >= 4 is 34.8 Å². The predicted molar refractivity (Wildman–Crippen MR) is 111 cm³/mol. The summed E-state index contributed by atoms with van der Waals surface area (Å²) in [5.74, 6) is -0.126. The van der Waals surface area contributed by atoms with Crippen LogP contribution in [0.2, 0.25) is 5.02 Å². The van der Waals surface area contributed by atoms with Gasteiger partial charge in [0.25, 0.3) is 17.5 Å². The molecule has 2 aromatic rings. The molecule has 0 radical (unpaired) electrons. The molecule has 0 saturated carbocycles. The lowest BCUT2D eigenvalue weighted by molar-refractivity contribution is -0.384. The SMILES string of the molecule is O=C(Nc1ccc2c(c1)C(=O)N1CCCCC1CCO2)c1ccc([N+](=O)[O-])cc1Cl. The van der Waals surface area contributed by atoms with E-state index in [2.05, 4.69) is 5.32 Å². The highest BCUT2D eigenvalue weighted by Gasteiger charge is 2.31. The number of piperidine rings is 1. The zero-order chi connectivity index (χ0) is 21.3. The Balaban J connectivity index is 1.59.